The third-order valence-electron chi connectivity index (χ3n) is 5.13. The molecule has 0 fully saturated rings. The van der Waals surface area contributed by atoms with Gasteiger partial charge in [-0.25, -0.2) is 0 Å². The number of aryl methyl sites for hydroxylation is 2. The van der Waals surface area contributed by atoms with Crippen LogP contribution in [0.25, 0.3) is 11.4 Å². The number of hydrogen-bond donors (Lipinski definition) is 1. The highest BCUT2D eigenvalue weighted by Crippen LogP contribution is 2.36. The predicted octanol–water partition coefficient (Wildman–Crippen LogP) is 5.33. The summed E-state index contributed by atoms with van der Waals surface area (Å²) in [4.78, 5) is 13.9. The molecule has 0 aliphatic heterocycles. The van der Waals surface area contributed by atoms with Crippen LogP contribution in [-0.2, 0) is 24.2 Å². The Morgan fingerprint density at radius 2 is 2.00 bits per heavy atom. The number of fused-ring (bicyclic) bond motifs is 1. The van der Waals surface area contributed by atoms with Crippen LogP contribution in [0.3, 0.4) is 0 Å². The molecule has 4 rings (SSSR count). The number of thioether (sulfide) groups is 1. The van der Waals surface area contributed by atoms with E-state index in [9.17, 15) is 4.79 Å². The number of hydrogen-bond acceptors (Lipinski definition) is 5. The Labute approximate surface area is 179 Å². The summed E-state index contributed by atoms with van der Waals surface area (Å²) in [5.74, 6) is 1.24. The van der Waals surface area contributed by atoms with E-state index in [1.54, 1.807) is 0 Å². The van der Waals surface area contributed by atoms with Gasteiger partial charge in [-0.15, -0.1) is 21.5 Å². The fourth-order valence-corrected chi connectivity index (χ4v) is 5.55. The van der Waals surface area contributed by atoms with Crippen LogP contribution >= 0.6 is 23.1 Å². The lowest BCUT2D eigenvalue weighted by Gasteiger charge is -2.13. The fraction of sp³-hybridized carbons (Fsp3) is 0.409. The predicted molar refractivity (Wildman–Crippen MR) is 121 cm³/mol. The second kappa shape index (κ2) is 9.13. The molecule has 2 heterocycles. The Kier molecular flexibility index (Phi) is 6.35. The molecule has 2 aromatic heterocycles. The van der Waals surface area contributed by atoms with Crippen molar-refractivity contribution < 1.29 is 4.79 Å². The molecule has 0 radical (unpaired) electrons. The number of carbonyl (C=O) groups excluding carboxylic acids is 1. The van der Waals surface area contributed by atoms with Gasteiger partial charge in [-0.3, -0.25) is 4.79 Å². The minimum Gasteiger partial charge on any atom is -0.325 e. The first-order chi connectivity index (χ1) is 14.2. The van der Waals surface area contributed by atoms with Crippen LogP contribution in [0.1, 0.15) is 42.2 Å². The molecule has 152 valence electrons. The van der Waals surface area contributed by atoms with Crippen molar-refractivity contribution >= 4 is 34.7 Å². The highest BCUT2D eigenvalue weighted by molar-refractivity contribution is 7.99. The molecule has 1 amide bonds. The third kappa shape index (κ3) is 4.56. The van der Waals surface area contributed by atoms with E-state index < -0.39 is 0 Å². The lowest BCUT2D eigenvalue weighted by atomic mass is 9.95. The van der Waals surface area contributed by atoms with Crippen molar-refractivity contribution in [3.8, 4) is 11.4 Å². The summed E-state index contributed by atoms with van der Waals surface area (Å²) in [7, 11) is 0. The average Bonchev–Trinajstić information content (AvgIpc) is 3.32. The molecule has 0 saturated heterocycles. The van der Waals surface area contributed by atoms with Gasteiger partial charge in [0.05, 0.1) is 5.75 Å². The van der Waals surface area contributed by atoms with Gasteiger partial charge in [0.25, 0.3) is 0 Å². The summed E-state index contributed by atoms with van der Waals surface area (Å²) >= 11 is 3.31. The maximum atomic E-state index is 12.4. The Bertz CT molecular complexity index is 991. The van der Waals surface area contributed by atoms with E-state index in [1.165, 1.54) is 52.6 Å². The number of nitrogens with zero attached hydrogens (tertiary/aromatic N) is 3. The quantitative estimate of drug-likeness (QED) is 0.519. The zero-order chi connectivity index (χ0) is 20.2. The number of aromatic nitrogens is 3. The molecule has 0 unspecified atom stereocenters. The van der Waals surface area contributed by atoms with Gasteiger partial charge < -0.3 is 9.88 Å². The van der Waals surface area contributed by atoms with E-state index in [-0.39, 0.29) is 5.91 Å². The molecule has 7 heteroatoms. The Balaban J connectivity index is 1.49. The van der Waals surface area contributed by atoms with Gasteiger partial charge in [0.1, 0.15) is 0 Å². The summed E-state index contributed by atoms with van der Waals surface area (Å²) < 4.78 is 2.18. The SMILES string of the molecule is CCCn1c(SCC(=O)Nc2ccc(C)cc2)nnc1-c1csc2c1CCCC2. The monoisotopic (exact) mass is 426 g/mol. The van der Waals surface area contributed by atoms with E-state index in [4.69, 9.17) is 0 Å². The summed E-state index contributed by atoms with van der Waals surface area (Å²) in [6, 6.07) is 7.84. The Morgan fingerprint density at radius 3 is 2.79 bits per heavy atom. The van der Waals surface area contributed by atoms with Crippen LogP contribution in [0.2, 0.25) is 0 Å². The molecule has 0 atom stereocenters. The van der Waals surface area contributed by atoms with Gasteiger partial charge in [0.15, 0.2) is 11.0 Å². The van der Waals surface area contributed by atoms with E-state index >= 15 is 0 Å². The van der Waals surface area contributed by atoms with Crippen molar-refractivity contribution in [1.82, 2.24) is 14.8 Å². The largest absolute Gasteiger partial charge is 0.325 e. The van der Waals surface area contributed by atoms with Crippen molar-refractivity contribution in [3.05, 3.63) is 45.6 Å². The van der Waals surface area contributed by atoms with Gasteiger partial charge in [-0.1, -0.05) is 36.4 Å². The van der Waals surface area contributed by atoms with Gasteiger partial charge in [-0.05, 0) is 56.7 Å². The molecule has 0 bridgehead atoms. The fourth-order valence-electron chi connectivity index (χ4n) is 3.67. The molecular weight excluding hydrogens is 400 g/mol. The molecular formula is C22H26N4OS2. The molecule has 1 N–H and O–H groups in total. The minimum atomic E-state index is -0.0284. The molecule has 0 spiro atoms. The third-order valence-corrected chi connectivity index (χ3v) is 7.19. The first-order valence-electron chi connectivity index (χ1n) is 10.2. The Morgan fingerprint density at radius 1 is 1.21 bits per heavy atom. The number of thiophene rings is 1. The summed E-state index contributed by atoms with van der Waals surface area (Å²) in [5.41, 5.74) is 4.69. The minimum absolute atomic E-state index is 0.0284. The molecule has 1 aromatic carbocycles. The lowest BCUT2D eigenvalue weighted by molar-refractivity contribution is -0.113. The summed E-state index contributed by atoms with van der Waals surface area (Å²) in [5, 5.41) is 15.0. The van der Waals surface area contributed by atoms with Crippen LogP contribution in [0.15, 0.2) is 34.8 Å². The van der Waals surface area contributed by atoms with Crippen molar-refractivity contribution in [2.45, 2.75) is 57.7 Å². The van der Waals surface area contributed by atoms with Crippen molar-refractivity contribution in [2.75, 3.05) is 11.1 Å². The summed E-state index contributed by atoms with van der Waals surface area (Å²) in [6.07, 6.45) is 5.85. The molecule has 3 aromatic rings. The van der Waals surface area contributed by atoms with E-state index in [0.717, 1.165) is 36.1 Å². The van der Waals surface area contributed by atoms with E-state index in [1.807, 2.05) is 42.5 Å². The normalized spacial score (nSPS) is 13.3. The van der Waals surface area contributed by atoms with E-state index in [0.29, 0.717) is 5.75 Å². The van der Waals surface area contributed by atoms with Gasteiger partial charge in [-0.2, -0.15) is 0 Å². The molecule has 1 aliphatic rings. The zero-order valence-corrected chi connectivity index (χ0v) is 18.5. The summed E-state index contributed by atoms with van der Waals surface area (Å²) in [6.45, 7) is 5.05. The maximum Gasteiger partial charge on any atom is 0.234 e. The number of anilines is 1. The number of rotatable bonds is 7. The smallest absolute Gasteiger partial charge is 0.234 e. The first kappa shape index (κ1) is 20.2. The number of nitrogens with one attached hydrogen (secondary N) is 1. The molecule has 1 aliphatic carbocycles. The standard InChI is InChI=1S/C22H26N4OS2/c1-3-12-26-21(18-13-28-19-7-5-4-6-17(18)19)24-25-22(26)29-14-20(27)23-16-10-8-15(2)9-11-16/h8-11,13H,3-7,12,14H2,1-2H3,(H,23,27). The Hall–Kier alpha value is -2.12. The second-order valence-electron chi connectivity index (χ2n) is 7.42. The average molecular weight is 427 g/mol. The van der Waals surface area contributed by atoms with Crippen LogP contribution in [0, 0.1) is 6.92 Å². The van der Waals surface area contributed by atoms with Crippen LogP contribution in [-0.4, -0.2) is 26.4 Å². The van der Waals surface area contributed by atoms with Crippen LogP contribution in [0.4, 0.5) is 5.69 Å². The van der Waals surface area contributed by atoms with E-state index in [2.05, 4.69) is 32.4 Å². The van der Waals surface area contributed by atoms with Crippen molar-refractivity contribution in [1.29, 1.82) is 0 Å². The highest BCUT2D eigenvalue weighted by atomic mass is 32.2. The van der Waals surface area contributed by atoms with Crippen molar-refractivity contribution in [2.24, 2.45) is 0 Å². The highest BCUT2D eigenvalue weighted by Gasteiger charge is 2.22. The van der Waals surface area contributed by atoms with Gasteiger partial charge in [0.2, 0.25) is 5.91 Å². The van der Waals surface area contributed by atoms with Crippen molar-refractivity contribution in [3.63, 3.8) is 0 Å². The first-order valence-corrected chi connectivity index (χ1v) is 12.0. The second-order valence-corrected chi connectivity index (χ2v) is 9.33. The molecule has 29 heavy (non-hydrogen) atoms. The number of amides is 1. The van der Waals surface area contributed by atoms with Gasteiger partial charge >= 0.3 is 0 Å². The van der Waals surface area contributed by atoms with Gasteiger partial charge in [0, 0.05) is 28.1 Å². The number of carbonyl (C=O) groups is 1. The maximum absolute atomic E-state index is 12.4. The van der Waals surface area contributed by atoms with Crippen LogP contribution in [0.5, 0.6) is 0 Å². The zero-order valence-electron chi connectivity index (χ0n) is 16.9. The lowest BCUT2D eigenvalue weighted by Crippen LogP contribution is -2.14. The number of benzene rings is 1. The van der Waals surface area contributed by atoms with Crippen LogP contribution < -0.4 is 5.32 Å². The topological polar surface area (TPSA) is 59.8 Å². The molecule has 0 saturated carbocycles. The molecule has 5 nitrogen and oxygen atoms in total.